The fraction of sp³-hybridized carbons (Fsp3) is 0.235. The zero-order valence-corrected chi connectivity index (χ0v) is 10.7. The normalized spacial score (nSPS) is 10.3. The van der Waals surface area contributed by atoms with Crippen molar-refractivity contribution in [2.75, 3.05) is 0 Å². The van der Waals surface area contributed by atoms with Crippen LogP contribution in [0.4, 0.5) is 0 Å². The molecule has 0 saturated heterocycles. The van der Waals surface area contributed by atoms with E-state index in [1.807, 2.05) is 42.5 Å². The molecule has 0 aromatic heterocycles. The Morgan fingerprint density at radius 1 is 0.944 bits per heavy atom. The summed E-state index contributed by atoms with van der Waals surface area (Å²) in [6, 6.07) is 17.8. The molecule has 0 spiro atoms. The highest BCUT2D eigenvalue weighted by Gasteiger charge is 2.06. The van der Waals surface area contributed by atoms with Gasteiger partial charge in [-0.3, -0.25) is 4.79 Å². The van der Waals surface area contributed by atoms with Gasteiger partial charge in [0.1, 0.15) is 0 Å². The van der Waals surface area contributed by atoms with E-state index in [9.17, 15) is 4.79 Å². The van der Waals surface area contributed by atoms with E-state index in [4.69, 9.17) is 0 Å². The lowest BCUT2D eigenvalue weighted by Crippen LogP contribution is -2.03. The Balaban J connectivity index is 2.10. The maximum atomic E-state index is 12.1. The second-order valence-corrected chi connectivity index (χ2v) is 4.54. The number of hydrogen-bond donors (Lipinski definition) is 0. The highest BCUT2D eigenvalue weighted by molar-refractivity contribution is 5.97. The monoisotopic (exact) mass is 238 g/mol. The van der Waals surface area contributed by atoms with Gasteiger partial charge in [-0.25, -0.2) is 0 Å². The number of hydrogen-bond acceptors (Lipinski definition) is 1. The van der Waals surface area contributed by atoms with Crippen LogP contribution in [0, 0.1) is 0 Å². The first-order valence-electron chi connectivity index (χ1n) is 6.45. The molecule has 0 saturated carbocycles. The molecule has 0 heterocycles. The van der Waals surface area contributed by atoms with Gasteiger partial charge in [0.2, 0.25) is 0 Å². The minimum absolute atomic E-state index is 0.184. The van der Waals surface area contributed by atoms with Crippen molar-refractivity contribution >= 4 is 5.78 Å². The van der Waals surface area contributed by atoms with Crippen LogP contribution < -0.4 is 0 Å². The number of Topliss-reactive ketones (excluding diaryl/α,β-unsaturated/α-hetero) is 1. The number of ketones is 1. The SMILES string of the molecule is CCCc1cccc(CC(=O)c2ccccc2)c1. The second kappa shape index (κ2) is 6.15. The van der Waals surface area contributed by atoms with E-state index in [2.05, 4.69) is 19.1 Å². The Hall–Kier alpha value is -1.89. The van der Waals surface area contributed by atoms with Crippen molar-refractivity contribution in [2.45, 2.75) is 26.2 Å². The van der Waals surface area contributed by atoms with Crippen LogP contribution in [0.1, 0.15) is 34.8 Å². The summed E-state index contributed by atoms with van der Waals surface area (Å²) in [7, 11) is 0. The number of carbonyl (C=O) groups is 1. The van der Waals surface area contributed by atoms with Crippen LogP contribution in [0.15, 0.2) is 54.6 Å². The fourth-order valence-electron chi connectivity index (χ4n) is 2.10. The zero-order chi connectivity index (χ0) is 12.8. The number of rotatable bonds is 5. The van der Waals surface area contributed by atoms with Crippen molar-refractivity contribution in [3.05, 3.63) is 71.3 Å². The average Bonchev–Trinajstić information content (AvgIpc) is 2.40. The maximum Gasteiger partial charge on any atom is 0.167 e. The van der Waals surface area contributed by atoms with Crippen molar-refractivity contribution in [1.82, 2.24) is 0 Å². The van der Waals surface area contributed by atoms with E-state index in [0.29, 0.717) is 6.42 Å². The molecule has 0 bridgehead atoms. The summed E-state index contributed by atoms with van der Waals surface area (Å²) in [5, 5.41) is 0. The van der Waals surface area contributed by atoms with Gasteiger partial charge in [-0.1, -0.05) is 67.9 Å². The number of benzene rings is 2. The van der Waals surface area contributed by atoms with Gasteiger partial charge in [0.05, 0.1) is 0 Å². The summed E-state index contributed by atoms with van der Waals surface area (Å²) in [4.78, 5) is 12.1. The summed E-state index contributed by atoms with van der Waals surface area (Å²) >= 11 is 0. The van der Waals surface area contributed by atoms with Crippen LogP contribution in [0.5, 0.6) is 0 Å². The molecule has 0 aliphatic heterocycles. The molecule has 1 nitrogen and oxygen atoms in total. The third-order valence-corrected chi connectivity index (χ3v) is 2.99. The van der Waals surface area contributed by atoms with E-state index < -0.39 is 0 Å². The van der Waals surface area contributed by atoms with E-state index in [-0.39, 0.29) is 5.78 Å². The van der Waals surface area contributed by atoms with Crippen molar-refractivity contribution in [2.24, 2.45) is 0 Å². The third-order valence-electron chi connectivity index (χ3n) is 2.99. The molecule has 0 aliphatic carbocycles. The smallest absolute Gasteiger partial charge is 0.167 e. The first-order valence-corrected chi connectivity index (χ1v) is 6.45. The molecule has 0 atom stereocenters. The Morgan fingerprint density at radius 2 is 1.67 bits per heavy atom. The Labute approximate surface area is 108 Å². The first kappa shape index (κ1) is 12.6. The Kier molecular flexibility index (Phi) is 4.30. The largest absolute Gasteiger partial charge is 0.294 e. The highest BCUT2D eigenvalue weighted by atomic mass is 16.1. The summed E-state index contributed by atoms with van der Waals surface area (Å²) in [6.45, 7) is 2.17. The van der Waals surface area contributed by atoms with E-state index in [1.165, 1.54) is 5.56 Å². The molecule has 92 valence electrons. The van der Waals surface area contributed by atoms with Crippen molar-refractivity contribution in [3.63, 3.8) is 0 Å². The first-order chi connectivity index (χ1) is 8.79. The van der Waals surface area contributed by atoms with Gasteiger partial charge in [-0.15, -0.1) is 0 Å². The molecular formula is C17H18O. The molecule has 0 radical (unpaired) electrons. The molecule has 0 amide bonds. The van der Waals surface area contributed by atoms with Crippen LogP contribution in [-0.2, 0) is 12.8 Å². The predicted molar refractivity (Wildman–Crippen MR) is 74.9 cm³/mol. The molecule has 2 aromatic carbocycles. The zero-order valence-electron chi connectivity index (χ0n) is 10.7. The van der Waals surface area contributed by atoms with Gasteiger partial charge in [0, 0.05) is 12.0 Å². The van der Waals surface area contributed by atoms with E-state index >= 15 is 0 Å². The van der Waals surface area contributed by atoms with Gasteiger partial charge in [0.25, 0.3) is 0 Å². The van der Waals surface area contributed by atoms with Gasteiger partial charge in [-0.2, -0.15) is 0 Å². The second-order valence-electron chi connectivity index (χ2n) is 4.54. The summed E-state index contributed by atoms with van der Waals surface area (Å²) in [5.74, 6) is 0.184. The maximum absolute atomic E-state index is 12.1. The van der Waals surface area contributed by atoms with Gasteiger partial charge in [-0.05, 0) is 17.5 Å². The Bertz CT molecular complexity index is 514. The average molecular weight is 238 g/mol. The minimum Gasteiger partial charge on any atom is -0.294 e. The molecule has 2 rings (SSSR count). The fourth-order valence-corrected chi connectivity index (χ4v) is 2.10. The lowest BCUT2D eigenvalue weighted by atomic mass is 10.0. The minimum atomic E-state index is 0.184. The lowest BCUT2D eigenvalue weighted by molar-refractivity contribution is 0.0993. The van der Waals surface area contributed by atoms with Crippen LogP contribution in [0.25, 0.3) is 0 Å². The summed E-state index contributed by atoms with van der Waals surface area (Å²) < 4.78 is 0. The van der Waals surface area contributed by atoms with E-state index in [0.717, 1.165) is 24.0 Å². The predicted octanol–water partition coefficient (Wildman–Crippen LogP) is 4.06. The van der Waals surface area contributed by atoms with Crippen LogP contribution in [0.3, 0.4) is 0 Å². The molecule has 0 N–H and O–H groups in total. The van der Waals surface area contributed by atoms with Gasteiger partial charge >= 0.3 is 0 Å². The number of aryl methyl sites for hydroxylation is 1. The molecule has 1 heteroatoms. The van der Waals surface area contributed by atoms with Crippen LogP contribution in [-0.4, -0.2) is 5.78 Å². The van der Waals surface area contributed by atoms with Crippen molar-refractivity contribution in [3.8, 4) is 0 Å². The topological polar surface area (TPSA) is 17.1 Å². The van der Waals surface area contributed by atoms with E-state index in [1.54, 1.807) is 0 Å². The molecule has 0 unspecified atom stereocenters. The molecule has 18 heavy (non-hydrogen) atoms. The van der Waals surface area contributed by atoms with Crippen LogP contribution in [0.2, 0.25) is 0 Å². The molecule has 0 aliphatic rings. The molecular weight excluding hydrogens is 220 g/mol. The van der Waals surface area contributed by atoms with Crippen molar-refractivity contribution in [1.29, 1.82) is 0 Å². The van der Waals surface area contributed by atoms with Gasteiger partial charge < -0.3 is 0 Å². The highest BCUT2D eigenvalue weighted by Crippen LogP contribution is 2.11. The van der Waals surface area contributed by atoms with Crippen molar-refractivity contribution < 1.29 is 4.79 Å². The molecule has 0 fully saturated rings. The summed E-state index contributed by atoms with van der Waals surface area (Å²) in [6.07, 6.45) is 2.70. The van der Waals surface area contributed by atoms with Gasteiger partial charge in [0.15, 0.2) is 5.78 Å². The van der Waals surface area contributed by atoms with Crippen LogP contribution >= 0.6 is 0 Å². The number of carbonyl (C=O) groups excluding carboxylic acids is 1. The quantitative estimate of drug-likeness (QED) is 0.718. The Morgan fingerprint density at radius 3 is 2.39 bits per heavy atom. The standard InChI is InChI=1S/C17H18O/c1-2-7-14-8-6-9-15(12-14)13-17(18)16-10-4-3-5-11-16/h3-6,8-12H,2,7,13H2,1H3. The lowest BCUT2D eigenvalue weighted by Gasteiger charge is -2.04. The molecule has 2 aromatic rings. The summed E-state index contributed by atoms with van der Waals surface area (Å²) in [5.41, 5.74) is 3.21. The third kappa shape index (κ3) is 3.30.